The van der Waals surface area contributed by atoms with Crippen molar-refractivity contribution in [2.24, 2.45) is 5.92 Å². The summed E-state index contributed by atoms with van der Waals surface area (Å²) in [6, 6.07) is 1.30. The minimum absolute atomic E-state index is 0.00613. The first-order chi connectivity index (χ1) is 9.27. The normalized spacial score (nSPS) is 23.6. The van der Waals surface area contributed by atoms with Crippen molar-refractivity contribution >= 4 is 37.0 Å². The van der Waals surface area contributed by atoms with Gasteiger partial charge >= 0.3 is 5.97 Å². The Morgan fingerprint density at radius 3 is 2.45 bits per heavy atom. The minimum Gasteiger partial charge on any atom is -0.458 e. The molecule has 7 heteroatoms. The van der Waals surface area contributed by atoms with Gasteiger partial charge in [-0.25, -0.2) is 13.2 Å². The van der Waals surface area contributed by atoms with Gasteiger partial charge < -0.3 is 4.74 Å². The quantitative estimate of drug-likeness (QED) is 0.623. The molecule has 0 N–H and O–H groups in total. The molecule has 0 unspecified atom stereocenters. The molecule has 20 heavy (non-hydrogen) atoms. The van der Waals surface area contributed by atoms with E-state index in [1.807, 2.05) is 0 Å². The second kappa shape index (κ2) is 6.03. The molecule has 1 heterocycles. The molecular weight excluding hydrogens is 320 g/mol. The fourth-order valence-corrected chi connectivity index (χ4v) is 4.91. The van der Waals surface area contributed by atoms with E-state index < -0.39 is 15.0 Å². The highest BCUT2D eigenvalue weighted by Crippen LogP contribution is 2.30. The fourth-order valence-electron chi connectivity index (χ4n) is 2.36. The van der Waals surface area contributed by atoms with Gasteiger partial charge in [-0.3, -0.25) is 0 Å². The Hall–Kier alpha value is -0.590. The molecule has 0 bridgehead atoms. The summed E-state index contributed by atoms with van der Waals surface area (Å²) < 4.78 is 28.1. The van der Waals surface area contributed by atoms with Crippen molar-refractivity contribution in [1.82, 2.24) is 0 Å². The van der Waals surface area contributed by atoms with E-state index in [0.717, 1.165) is 37.0 Å². The molecule has 0 atom stereocenters. The molecule has 4 nitrogen and oxygen atoms in total. The van der Waals surface area contributed by atoms with E-state index in [2.05, 4.69) is 6.92 Å². The van der Waals surface area contributed by atoms with Crippen LogP contribution in [-0.4, -0.2) is 20.5 Å². The van der Waals surface area contributed by atoms with Crippen molar-refractivity contribution in [3.05, 3.63) is 15.8 Å². The van der Waals surface area contributed by atoms with Crippen LogP contribution in [0.2, 0.25) is 0 Å². The van der Waals surface area contributed by atoms with Crippen LogP contribution in [-0.2, 0) is 13.8 Å². The molecule has 0 aliphatic heterocycles. The highest BCUT2D eigenvalue weighted by atomic mass is 35.7. The van der Waals surface area contributed by atoms with Gasteiger partial charge in [-0.15, -0.1) is 11.3 Å². The first-order valence-corrected chi connectivity index (χ1v) is 9.66. The third-order valence-electron chi connectivity index (χ3n) is 3.57. The Kier molecular flexibility index (Phi) is 4.76. The maximum Gasteiger partial charge on any atom is 0.348 e. The van der Waals surface area contributed by atoms with E-state index in [9.17, 15) is 13.2 Å². The van der Waals surface area contributed by atoms with E-state index in [1.165, 1.54) is 6.07 Å². The van der Waals surface area contributed by atoms with Gasteiger partial charge in [0.15, 0.2) is 0 Å². The lowest BCUT2D eigenvalue weighted by molar-refractivity contribution is 0.0179. The summed E-state index contributed by atoms with van der Waals surface area (Å²) in [7, 11) is 1.50. The van der Waals surface area contributed by atoms with Gasteiger partial charge in [0.1, 0.15) is 11.0 Å². The van der Waals surface area contributed by atoms with Crippen LogP contribution in [0, 0.1) is 12.8 Å². The number of carbonyl (C=O) groups excluding carboxylic acids is 1. The average Bonchev–Trinajstić information content (AvgIpc) is 2.74. The lowest BCUT2D eigenvalue weighted by Gasteiger charge is -2.25. The number of hydrogen-bond donors (Lipinski definition) is 0. The Morgan fingerprint density at radius 2 is 1.95 bits per heavy atom. The van der Waals surface area contributed by atoms with Crippen molar-refractivity contribution in [3.8, 4) is 0 Å². The van der Waals surface area contributed by atoms with Crippen LogP contribution in [0.4, 0.5) is 0 Å². The monoisotopic (exact) mass is 336 g/mol. The van der Waals surface area contributed by atoms with Gasteiger partial charge in [-0.1, -0.05) is 6.92 Å². The number of aryl methyl sites for hydroxylation is 1. The van der Waals surface area contributed by atoms with Crippen LogP contribution in [0.5, 0.6) is 0 Å². The Labute approximate surface area is 127 Å². The topological polar surface area (TPSA) is 60.4 Å². The average molecular weight is 337 g/mol. The van der Waals surface area contributed by atoms with Crippen LogP contribution in [0.1, 0.15) is 47.2 Å². The molecule has 1 aromatic rings. The molecule has 0 spiro atoms. The number of rotatable bonds is 3. The Bertz CT molecular complexity index is 598. The van der Waals surface area contributed by atoms with Crippen molar-refractivity contribution < 1.29 is 17.9 Å². The number of carbonyl (C=O) groups is 1. The first-order valence-electron chi connectivity index (χ1n) is 6.53. The maximum absolute atomic E-state index is 12.0. The molecule has 0 amide bonds. The molecular formula is C13H17ClO4S2. The SMILES string of the molecule is Cc1sc(C(=O)OC2CCC(C)CC2)cc1S(=O)(=O)Cl. The molecule has 0 saturated heterocycles. The van der Waals surface area contributed by atoms with E-state index in [-0.39, 0.29) is 11.0 Å². The summed E-state index contributed by atoms with van der Waals surface area (Å²) >= 11 is 1.10. The standard InChI is InChI=1S/C13H17ClO4S2/c1-8-3-5-10(6-4-8)18-13(15)11-7-12(9(2)19-11)20(14,16)17/h7-8,10H,3-6H2,1-2H3. The second-order valence-corrected chi connectivity index (χ2v) is 9.05. The lowest BCUT2D eigenvalue weighted by atomic mass is 9.89. The van der Waals surface area contributed by atoms with Gasteiger partial charge in [-0.2, -0.15) is 0 Å². The van der Waals surface area contributed by atoms with Crippen LogP contribution in [0.3, 0.4) is 0 Å². The molecule has 1 saturated carbocycles. The van der Waals surface area contributed by atoms with Gasteiger partial charge in [0.05, 0.1) is 4.90 Å². The Morgan fingerprint density at radius 1 is 1.35 bits per heavy atom. The van der Waals surface area contributed by atoms with Crippen molar-refractivity contribution in [1.29, 1.82) is 0 Å². The van der Waals surface area contributed by atoms with E-state index >= 15 is 0 Å². The number of esters is 1. The third-order valence-corrected chi connectivity index (χ3v) is 6.18. The van der Waals surface area contributed by atoms with Crippen molar-refractivity contribution in [2.75, 3.05) is 0 Å². The summed E-state index contributed by atoms with van der Waals surface area (Å²) in [5, 5.41) is 0. The van der Waals surface area contributed by atoms with Crippen LogP contribution in [0.15, 0.2) is 11.0 Å². The number of hydrogen-bond acceptors (Lipinski definition) is 5. The summed E-state index contributed by atoms with van der Waals surface area (Å²) in [5.74, 6) is 0.228. The maximum atomic E-state index is 12.0. The Balaban J connectivity index is 2.07. The third kappa shape index (κ3) is 3.74. The van der Waals surface area contributed by atoms with Crippen LogP contribution in [0.25, 0.3) is 0 Å². The lowest BCUT2D eigenvalue weighted by Crippen LogP contribution is -2.23. The molecule has 0 aromatic carbocycles. The molecule has 1 aliphatic carbocycles. The summed E-state index contributed by atoms with van der Waals surface area (Å²) in [4.78, 5) is 12.8. The van der Waals surface area contributed by atoms with E-state index in [1.54, 1.807) is 6.92 Å². The molecule has 1 aliphatic rings. The molecule has 0 radical (unpaired) electrons. The highest BCUT2D eigenvalue weighted by Gasteiger charge is 2.25. The zero-order valence-corrected chi connectivity index (χ0v) is 13.8. The number of halogens is 1. The fraction of sp³-hybridized carbons (Fsp3) is 0.615. The van der Waals surface area contributed by atoms with Gasteiger partial charge in [-0.05, 0) is 44.6 Å². The van der Waals surface area contributed by atoms with E-state index in [4.69, 9.17) is 15.4 Å². The second-order valence-electron chi connectivity index (χ2n) is 5.26. The van der Waals surface area contributed by atoms with Crippen LogP contribution < -0.4 is 0 Å². The van der Waals surface area contributed by atoms with E-state index in [0.29, 0.717) is 15.7 Å². The van der Waals surface area contributed by atoms with Crippen LogP contribution >= 0.6 is 22.0 Å². The number of ether oxygens (including phenoxy) is 1. The number of thiophene rings is 1. The zero-order chi connectivity index (χ0) is 14.9. The smallest absolute Gasteiger partial charge is 0.348 e. The minimum atomic E-state index is -3.81. The van der Waals surface area contributed by atoms with Gasteiger partial charge in [0, 0.05) is 15.6 Å². The largest absolute Gasteiger partial charge is 0.458 e. The predicted molar refractivity (Wildman–Crippen MR) is 78.9 cm³/mol. The van der Waals surface area contributed by atoms with Gasteiger partial charge in [0.25, 0.3) is 9.05 Å². The molecule has 2 rings (SSSR count). The first kappa shape index (κ1) is 15.8. The zero-order valence-electron chi connectivity index (χ0n) is 11.4. The predicted octanol–water partition coefficient (Wildman–Crippen LogP) is 3.72. The summed E-state index contributed by atoms with van der Waals surface area (Å²) in [5.41, 5.74) is 0. The molecule has 1 aromatic heterocycles. The van der Waals surface area contributed by atoms with Crippen molar-refractivity contribution in [2.45, 2.75) is 50.5 Å². The summed E-state index contributed by atoms with van der Waals surface area (Å²) in [6.45, 7) is 3.82. The highest BCUT2D eigenvalue weighted by molar-refractivity contribution is 8.13. The molecule has 1 fully saturated rings. The van der Waals surface area contributed by atoms with Crippen molar-refractivity contribution in [3.63, 3.8) is 0 Å². The molecule has 112 valence electrons. The summed E-state index contributed by atoms with van der Waals surface area (Å²) in [6.07, 6.45) is 3.80. The van der Waals surface area contributed by atoms with Gasteiger partial charge in [0.2, 0.25) is 0 Å².